The third kappa shape index (κ3) is 3.52. The quantitative estimate of drug-likeness (QED) is 0.677. The van der Waals surface area contributed by atoms with Crippen LogP contribution in [0.3, 0.4) is 0 Å². The van der Waals surface area contributed by atoms with Gasteiger partial charge in [-0.25, -0.2) is 0 Å². The van der Waals surface area contributed by atoms with Gasteiger partial charge in [0.2, 0.25) is 0 Å². The van der Waals surface area contributed by atoms with E-state index in [0.29, 0.717) is 0 Å². The van der Waals surface area contributed by atoms with E-state index in [1.165, 1.54) is 13.0 Å². The molecular weight excluding hydrogens is 261 g/mol. The fourth-order valence-electron chi connectivity index (χ4n) is 1.14. The second-order valence-electron chi connectivity index (χ2n) is 3.18. The van der Waals surface area contributed by atoms with Crippen molar-refractivity contribution in [1.82, 2.24) is 0 Å². The van der Waals surface area contributed by atoms with Crippen molar-refractivity contribution in [3.05, 3.63) is 23.8 Å². The molecule has 0 aliphatic carbocycles. The van der Waals surface area contributed by atoms with Crippen LogP contribution in [0.1, 0.15) is 17.3 Å². The number of carbonyl (C=O) groups excluding carboxylic acids is 1. The highest BCUT2D eigenvalue weighted by molar-refractivity contribution is 6.34. The zero-order valence-electron chi connectivity index (χ0n) is 8.58. The Morgan fingerprint density at radius 2 is 2.06 bits per heavy atom. The molecule has 0 saturated carbocycles. The monoisotopic (exact) mass is 268 g/mol. The van der Waals surface area contributed by atoms with Crippen LogP contribution < -0.4 is 4.74 Å². The molecule has 0 radical (unpaired) electrons. The lowest BCUT2D eigenvalue weighted by molar-refractivity contribution is -0.275. The summed E-state index contributed by atoms with van der Waals surface area (Å²) in [4.78, 5) is 11.5. The highest BCUT2D eigenvalue weighted by Crippen LogP contribution is 2.34. The molecule has 0 aliphatic rings. The van der Waals surface area contributed by atoms with Crippen LogP contribution in [-0.2, 0) is 0 Å². The molecule has 7 heteroatoms. The van der Waals surface area contributed by atoms with E-state index in [2.05, 4.69) is 4.74 Å². The number of Topliss-reactive ketones (excluding diaryl/α,β-unsaturated/α-hetero) is 1. The summed E-state index contributed by atoms with van der Waals surface area (Å²) in [6.07, 6.45) is -4.94. The maximum absolute atomic E-state index is 12.0. The fourth-order valence-corrected chi connectivity index (χ4v) is 1.26. The summed E-state index contributed by atoms with van der Waals surface area (Å²) in [5.74, 6) is -2.39. The smallest absolute Gasteiger partial charge is 0.504 e. The zero-order valence-corrected chi connectivity index (χ0v) is 9.34. The van der Waals surface area contributed by atoms with E-state index >= 15 is 0 Å². The summed E-state index contributed by atoms with van der Waals surface area (Å²) in [5, 5.41) is 8.51. The van der Waals surface area contributed by atoms with Gasteiger partial charge in [-0.05, 0) is 19.1 Å². The van der Waals surface area contributed by atoms with E-state index in [-0.39, 0.29) is 5.56 Å². The minimum Gasteiger partial charge on any atom is -0.504 e. The van der Waals surface area contributed by atoms with Crippen molar-refractivity contribution in [3.63, 3.8) is 0 Å². The number of para-hydroxylation sites is 1. The Bertz CT molecular complexity index is 429. The van der Waals surface area contributed by atoms with Gasteiger partial charge in [-0.2, -0.15) is 0 Å². The SMILES string of the molecule is CC(Cl)C(=O)c1cccc(OC(F)(F)F)c1O. The number of halogens is 4. The van der Waals surface area contributed by atoms with Crippen molar-refractivity contribution < 1.29 is 27.8 Å². The van der Waals surface area contributed by atoms with Crippen LogP contribution in [0.5, 0.6) is 11.5 Å². The number of alkyl halides is 4. The summed E-state index contributed by atoms with van der Waals surface area (Å²) in [6.45, 7) is 1.35. The van der Waals surface area contributed by atoms with Gasteiger partial charge in [-0.15, -0.1) is 24.8 Å². The number of benzene rings is 1. The Morgan fingerprint density at radius 1 is 1.47 bits per heavy atom. The maximum atomic E-state index is 12.0. The third-order valence-electron chi connectivity index (χ3n) is 1.85. The van der Waals surface area contributed by atoms with E-state index < -0.39 is 29.0 Å². The first kappa shape index (κ1) is 13.6. The number of ether oxygens (including phenoxy) is 1. The Morgan fingerprint density at radius 3 is 2.53 bits per heavy atom. The summed E-state index contributed by atoms with van der Waals surface area (Å²) >= 11 is 5.50. The Balaban J connectivity index is 3.12. The van der Waals surface area contributed by atoms with E-state index in [1.54, 1.807) is 0 Å². The number of ketones is 1. The van der Waals surface area contributed by atoms with Crippen LogP contribution in [-0.4, -0.2) is 22.6 Å². The topological polar surface area (TPSA) is 46.5 Å². The highest BCUT2D eigenvalue weighted by atomic mass is 35.5. The largest absolute Gasteiger partial charge is 0.573 e. The van der Waals surface area contributed by atoms with Crippen LogP contribution in [0.2, 0.25) is 0 Å². The molecule has 1 rings (SSSR count). The molecule has 1 unspecified atom stereocenters. The average molecular weight is 269 g/mol. The average Bonchev–Trinajstić information content (AvgIpc) is 2.18. The molecule has 1 N–H and O–H groups in total. The molecule has 1 aromatic carbocycles. The van der Waals surface area contributed by atoms with Crippen molar-refractivity contribution in [3.8, 4) is 11.5 Å². The molecule has 0 fully saturated rings. The first-order valence-electron chi connectivity index (χ1n) is 4.48. The van der Waals surface area contributed by atoms with E-state index in [9.17, 15) is 23.1 Å². The summed E-state index contributed by atoms with van der Waals surface area (Å²) in [6, 6.07) is 3.23. The minimum atomic E-state index is -4.94. The maximum Gasteiger partial charge on any atom is 0.573 e. The van der Waals surface area contributed by atoms with E-state index in [4.69, 9.17) is 11.6 Å². The van der Waals surface area contributed by atoms with Crippen molar-refractivity contribution in [2.24, 2.45) is 0 Å². The number of hydrogen-bond acceptors (Lipinski definition) is 3. The van der Waals surface area contributed by atoms with Crippen LogP contribution in [0.4, 0.5) is 13.2 Å². The highest BCUT2D eigenvalue weighted by Gasteiger charge is 2.33. The van der Waals surface area contributed by atoms with E-state index in [0.717, 1.165) is 12.1 Å². The van der Waals surface area contributed by atoms with Crippen molar-refractivity contribution in [1.29, 1.82) is 0 Å². The van der Waals surface area contributed by atoms with Crippen molar-refractivity contribution >= 4 is 17.4 Å². The Hall–Kier alpha value is -1.43. The van der Waals surface area contributed by atoms with Gasteiger partial charge in [0.1, 0.15) is 0 Å². The van der Waals surface area contributed by atoms with Gasteiger partial charge in [0.05, 0.1) is 10.9 Å². The van der Waals surface area contributed by atoms with Gasteiger partial charge in [0.25, 0.3) is 0 Å². The lowest BCUT2D eigenvalue weighted by atomic mass is 10.1. The van der Waals surface area contributed by atoms with Gasteiger partial charge in [0, 0.05) is 0 Å². The van der Waals surface area contributed by atoms with Gasteiger partial charge in [-0.3, -0.25) is 4.79 Å². The van der Waals surface area contributed by atoms with Gasteiger partial charge in [-0.1, -0.05) is 6.07 Å². The molecule has 0 aliphatic heterocycles. The van der Waals surface area contributed by atoms with Crippen LogP contribution in [0.25, 0.3) is 0 Å². The van der Waals surface area contributed by atoms with Crippen molar-refractivity contribution in [2.75, 3.05) is 0 Å². The molecule has 0 amide bonds. The summed E-state index contributed by atoms with van der Waals surface area (Å²) in [7, 11) is 0. The number of phenols is 1. The van der Waals surface area contributed by atoms with Gasteiger partial charge in [0.15, 0.2) is 17.3 Å². The number of carbonyl (C=O) groups is 1. The first-order valence-corrected chi connectivity index (χ1v) is 4.92. The van der Waals surface area contributed by atoms with E-state index in [1.807, 2.05) is 0 Å². The standard InChI is InChI=1S/C10H8ClF3O3/c1-5(11)8(15)6-3-2-4-7(9(6)16)17-10(12,13)14/h2-5,16H,1H3. The van der Waals surface area contributed by atoms with Crippen molar-refractivity contribution in [2.45, 2.75) is 18.7 Å². The molecule has 0 heterocycles. The number of hydrogen-bond donors (Lipinski definition) is 1. The predicted molar refractivity (Wildman–Crippen MR) is 54.4 cm³/mol. The molecular formula is C10H8ClF3O3. The second kappa shape index (κ2) is 4.83. The molecule has 0 aromatic heterocycles. The molecule has 0 bridgehead atoms. The second-order valence-corrected chi connectivity index (χ2v) is 3.84. The number of rotatable bonds is 3. The normalized spacial score (nSPS) is 13.2. The molecule has 0 saturated heterocycles. The molecule has 94 valence electrons. The van der Waals surface area contributed by atoms with Crippen LogP contribution in [0.15, 0.2) is 18.2 Å². The molecule has 3 nitrogen and oxygen atoms in total. The summed E-state index contributed by atoms with van der Waals surface area (Å²) < 4.78 is 39.5. The first-order chi connectivity index (χ1) is 7.72. The Labute approximate surface area is 99.8 Å². The Kier molecular flexibility index (Phi) is 3.87. The molecule has 17 heavy (non-hydrogen) atoms. The zero-order chi connectivity index (χ0) is 13.2. The lowest BCUT2D eigenvalue weighted by Gasteiger charge is -2.12. The third-order valence-corrected chi connectivity index (χ3v) is 2.05. The number of aromatic hydroxyl groups is 1. The summed E-state index contributed by atoms with van der Waals surface area (Å²) in [5.41, 5.74) is -0.311. The van der Waals surface area contributed by atoms with Gasteiger partial charge < -0.3 is 9.84 Å². The van der Waals surface area contributed by atoms with Crippen LogP contribution >= 0.6 is 11.6 Å². The molecule has 1 aromatic rings. The number of phenolic OH excluding ortho intramolecular Hbond substituents is 1. The minimum absolute atomic E-state index is 0.311. The predicted octanol–water partition coefficient (Wildman–Crippen LogP) is 3.10. The molecule has 1 atom stereocenters. The molecule has 0 spiro atoms. The van der Waals surface area contributed by atoms with Crippen LogP contribution in [0, 0.1) is 0 Å². The van der Waals surface area contributed by atoms with Gasteiger partial charge >= 0.3 is 6.36 Å². The fraction of sp³-hybridized carbons (Fsp3) is 0.300. The lowest BCUT2D eigenvalue weighted by Crippen LogP contribution is -2.18.